The highest BCUT2D eigenvalue weighted by molar-refractivity contribution is 4.73. The van der Waals surface area contributed by atoms with Crippen molar-refractivity contribution >= 4 is 0 Å². The summed E-state index contributed by atoms with van der Waals surface area (Å²) < 4.78 is 17.6. The van der Waals surface area contributed by atoms with Crippen LogP contribution in [0.4, 0.5) is 0 Å². The molecule has 0 saturated carbocycles. The van der Waals surface area contributed by atoms with Crippen LogP contribution in [0.15, 0.2) is 0 Å². The van der Waals surface area contributed by atoms with E-state index >= 15 is 0 Å². The first-order chi connectivity index (χ1) is 10.7. The lowest BCUT2D eigenvalue weighted by Crippen LogP contribution is -2.33. The Morgan fingerprint density at radius 1 is 0.500 bits per heavy atom. The first-order valence-electron chi connectivity index (χ1n) is 9.02. The van der Waals surface area contributed by atoms with Crippen LogP contribution < -0.4 is 0 Å². The largest absolute Gasteiger partial charge is 0.396 e. The third kappa shape index (κ3) is 13.2. The minimum absolute atomic E-state index is 0.00106. The summed E-state index contributed by atoms with van der Waals surface area (Å²) in [5, 5.41) is 9.26. The molecular formula is C20H42O4. The van der Waals surface area contributed by atoms with E-state index in [2.05, 4.69) is 48.5 Å². The van der Waals surface area contributed by atoms with Gasteiger partial charge in [-0.15, -0.1) is 0 Å². The molecule has 0 aromatic carbocycles. The van der Waals surface area contributed by atoms with Gasteiger partial charge in [0.15, 0.2) is 0 Å². The summed E-state index contributed by atoms with van der Waals surface area (Å²) >= 11 is 0. The molecule has 0 aromatic heterocycles. The molecule has 1 N–H and O–H groups in total. The molecule has 146 valence electrons. The molecule has 4 heteroatoms. The number of aliphatic hydroxyl groups is 1. The van der Waals surface area contributed by atoms with Gasteiger partial charge in [-0.3, -0.25) is 0 Å². The highest BCUT2D eigenvalue weighted by Crippen LogP contribution is 2.23. The summed E-state index contributed by atoms with van der Waals surface area (Å²) in [6.45, 7) is 23.2. The molecule has 0 aliphatic heterocycles. The Morgan fingerprint density at radius 2 is 0.792 bits per heavy atom. The summed E-state index contributed by atoms with van der Waals surface area (Å²) in [6, 6.07) is 0. The van der Waals surface area contributed by atoms with Crippen LogP contribution in [0.3, 0.4) is 0 Å². The van der Waals surface area contributed by atoms with Crippen LogP contribution >= 0.6 is 0 Å². The molecule has 4 nitrogen and oxygen atoms in total. The molecule has 0 saturated heterocycles. The van der Waals surface area contributed by atoms with Crippen molar-refractivity contribution in [3.05, 3.63) is 0 Å². The second-order valence-electron chi connectivity index (χ2n) is 10.7. The van der Waals surface area contributed by atoms with E-state index in [0.29, 0.717) is 33.0 Å². The molecule has 0 spiro atoms. The molecule has 0 fully saturated rings. The SMILES string of the molecule is CC(C)(C)COCC(C)(C)COCC(C)(C)COCC(C)(C)CO. The van der Waals surface area contributed by atoms with Crippen LogP contribution in [0.2, 0.25) is 0 Å². The third-order valence-electron chi connectivity index (χ3n) is 3.43. The molecule has 0 aliphatic carbocycles. The number of hydrogen-bond donors (Lipinski definition) is 1. The Labute approximate surface area is 150 Å². The first-order valence-corrected chi connectivity index (χ1v) is 9.02. The molecule has 0 unspecified atom stereocenters. The normalized spacial score (nSPS) is 14.2. The van der Waals surface area contributed by atoms with Gasteiger partial charge in [0.05, 0.1) is 46.2 Å². The minimum atomic E-state index is -0.191. The Balaban J connectivity index is 4.05. The third-order valence-corrected chi connectivity index (χ3v) is 3.43. The van der Waals surface area contributed by atoms with E-state index in [0.717, 1.165) is 6.61 Å². The zero-order valence-electron chi connectivity index (χ0n) is 17.6. The molecule has 0 atom stereocenters. The smallest absolute Gasteiger partial charge is 0.0539 e. The fourth-order valence-electron chi connectivity index (χ4n) is 1.97. The maximum absolute atomic E-state index is 9.26. The molecule has 0 amide bonds. The van der Waals surface area contributed by atoms with Crippen LogP contribution in [0.5, 0.6) is 0 Å². The van der Waals surface area contributed by atoms with E-state index in [4.69, 9.17) is 14.2 Å². The van der Waals surface area contributed by atoms with Crippen LogP contribution in [0, 0.1) is 21.7 Å². The highest BCUT2D eigenvalue weighted by atomic mass is 16.5. The predicted molar refractivity (Wildman–Crippen MR) is 100 cm³/mol. The second-order valence-corrected chi connectivity index (χ2v) is 10.7. The Kier molecular flexibility index (Phi) is 9.45. The van der Waals surface area contributed by atoms with Gasteiger partial charge in [-0.25, -0.2) is 0 Å². The maximum Gasteiger partial charge on any atom is 0.0539 e. The Morgan fingerprint density at radius 3 is 1.08 bits per heavy atom. The monoisotopic (exact) mass is 346 g/mol. The molecule has 0 aromatic rings. The highest BCUT2D eigenvalue weighted by Gasteiger charge is 2.25. The predicted octanol–water partition coefficient (Wildman–Crippen LogP) is 4.15. The Bertz CT molecular complexity index is 340. The summed E-state index contributed by atoms with van der Waals surface area (Å²) in [7, 11) is 0. The lowest BCUT2D eigenvalue weighted by molar-refractivity contribution is -0.0629. The fourth-order valence-corrected chi connectivity index (χ4v) is 1.97. The zero-order chi connectivity index (χ0) is 19.1. The number of aliphatic hydroxyl groups excluding tert-OH is 1. The average Bonchev–Trinajstić information content (AvgIpc) is 2.35. The van der Waals surface area contributed by atoms with E-state index in [9.17, 15) is 5.11 Å². The number of ether oxygens (including phenoxy) is 3. The van der Waals surface area contributed by atoms with E-state index in [-0.39, 0.29) is 28.3 Å². The lowest BCUT2D eigenvalue weighted by atomic mass is 9.93. The van der Waals surface area contributed by atoms with E-state index in [1.165, 1.54) is 0 Å². The summed E-state index contributed by atoms with van der Waals surface area (Å²) in [4.78, 5) is 0. The lowest BCUT2D eigenvalue weighted by Gasteiger charge is -2.31. The standard InChI is InChI=1S/C20H42O4/c1-17(2,3)11-22-13-19(6,7)15-24-16-20(8,9)14-23-12-18(4,5)10-21/h21H,10-16H2,1-9H3. The van der Waals surface area contributed by atoms with Crippen molar-refractivity contribution in [2.24, 2.45) is 21.7 Å². The van der Waals surface area contributed by atoms with Gasteiger partial charge >= 0.3 is 0 Å². The van der Waals surface area contributed by atoms with E-state index in [1.54, 1.807) is 0 Å². The van der Waals surface area contributed by atoms with Crippen molar-refractivity contribution in [3.8, 4) is 0 Å². The molecular weight excluding hydrogens is 304 g/mol. The van der Waals surface area contributed by atoms with Gasteiger partial charge in [0.2, 0.25) is 0 Å². The van der Waals surface area contributed by atoms with Gasteiger partial charge in [-0.05, 0) is 5.41 Å². The van der Waals surface area contributed by atoms with Gasteiger partial charge in [0, 0.05) is 16.2 Å². The van der Waals surface area contributed by atoms with Crippen LogP contribution in [0.1, 0.15) is 62.3 Å². The van der Waals surface area contributed by atoms with Gasteiger partial charge in [0.1, 0.15) is 0 Å². The van der Waals surface area contributed by atoms with Gasteiger partial charge < -0.3 is 19.3 Å². The molecule has 24 heavy (non-hydrogen) atoms. The van der Waals surface area contributed by atoms with Crippen molar-refractivity contribution in [1.82, 2.24) is 0 Å². The number of hydrogen-bond acceptors (Lipinski definition) is 4. The Hall–Kier alpha value is -0.160. The molecule has 0 aliphatic rings. The maximum atomic E-state index is 9.26. The summed E-state index contributed by atoms with van der Waals surface area (Å²) in [5.74, 6) is 0. The molecule has 0 bridgehead atoms. The van der Waals surface area contributed by atoms with Crippen LogP contribution in [-0.2, 0) is 14.2 Å². The van der Waals surface area contributed by atoms with E-state index < -0.39 is 0 Å². The van der Waals surface area contributed by atoms with Gasteiger partial charge in [-0.2, -0.15) is 0 Å². The van der Waals surface area contributed by atoms with Crippen molar-refractivity contribution in [2.75, 3.05) is 46.2 Å². The fraction of sp³-hybridized carbons (Fsp3) is 1.00. The topological polar surface area (TPSA) is 47.9 Å². The van der Waals surface area contributed by atoms with Crippen molar-refractivity contribution < 1.29 is 19.3 Å². The molecule has 0 radical (unpaired) electrons. The average molecular weight is 347 g/mol. The first kappa shape index (κ1) is 23.8. The minimum Gasteiger partial charge on any atom is -0.396 e. The zero-order valence-corrected chi connectivity index (χ0v) is 17.6. The quantitative estimate of drug-likeness (QED) is 0.576. The van der Waals surface area contributed by atoms with E-state index in [1.807, 2.05) is 13.8 Å². The summed E-state index contributed by atoms with van der Waals surface area (Å²) in [6.07, 6.45) is 0. The number of rotatable bonds is 12. The molecule has 0 rings (SSSR count). The van der Waals surface area contributed by atoms with Crippen LogP contribution in [0.25, 0.3) is 0 Å². The van der Waals surface area contributed by atoms with Crippen molar-refractivity contribution in [2.45, 2.75) is 62.3 Å². The van der Waals surface area contributed by atoms with Gasteiger partial charge in [0.25, 0.3) is 0 Å². The summed E-state index contributed by atoms with van der Waals surface area (Å²) in [5.41, 5.74) is -0.0448. The molecule has 0 heterocycles. The van der Waals surface area contributed by atoms with Gasteiger partial charge in [-0.1, -0.05) is 62.3 Å². The van der Waals surface area contributed by atoms with Crippen molar-refractivity contribution in [1.29, 1.82) is 0 Å². The second kappa shape index (κ2) is 9.51. The van der Waals surface area contributed by atoms with Crippen LogP contribution in [-0.4, -0.2) is 51.4 Å². The van der Waals surface area contributed by atoms with Crippen molar-refractivity contribution in [3.63, 3.8) is 0 Å².